The van der Waals surface area contributed by atoms with Crippen molar-refractivity contribution < 1.29 is 8.42 Å². The van der Waals surface area contributed by atoms with Crippen LogP contribution >= 0.6 is 0 Å². The molecule has 0 aromatic rings. The van der Waals surface area contributed by atoms with E-state index in [-0.39, 0.29) is 16.6 Å². The molecule has 0 aliphatic rings. The molecule has 0 rings (SSSR count). The van der Waals surface area contributed by atoms with E-state index in [0.717, 1.165) is 6.42 Å². The summed E-state index contributed by atoms with van der Waals surface area (Å²) in [6, 6.07) is 0. The summed E-state index contributed by atoms with van der Waals surface area (Å²) in [6.07, 6.45) is 0.963. The lowest BCUT2D eigenvalue weighted by Crippen LogP contribution is -2.47. The maximum Gasteiger partial charge on any atom is 0.212 e. The SMILES string of the molecule is CCC(C)(C)C(C)(C)CS(=O)(=O)NC(C)(C)C. The lowest BCUT2D eigenvalue weighted by atomic mass is 9.68. The van der Waals surface area contributed by atoms with E-state index in [2.05, 4.69) is 25.5 Å². The summed E-state index contributed by atoms with van der Waals surface area (Å²) in [4.78, 5) is 0. The maximum atomic E-state index is 12.1. The predicted molar refractivity (Wildman–Crippen MR) is 74.5 cm³/mol. The third kappa shape index (κ3) is 5.38. The first-order valence-corrected chi connectivity index (χ1v) is 7.89. The Morgan fingerprint density at radius 2 is 1.29 bits per heavy atom. The molecule has 0 aliphatic heterocycles. The summed E-state index contributed by atoms with van der Waals surface area (Å²) in [5.74, 6) is 0.165. The number of hydrogen-bond acceptors (Lipinski definition) is 2. The number of rotatable bonds is 5. The van der Waals surface area contributed by atoms with Gasteiger partial charge in [0.1, 0.15) is 0 Å². The van der Waals surface area contributed by atoms with Gasteiger partial charge < -0.3 is 0 Å². The molecule has 104 valence electrons. The molecule has 3 nitrogen and oxygen atoms in total. The molecule has 0 amide bonds. The maximum absolute atomic E-state index is 12.1. The molecule has 4 heteroatoms. The summed E-state index contributed by atoms with van der Waals surface area (Å²) in [5, 5.41) is 0. The summed E-state index contributed by atoms with van der Waals surface area (Å²) < 4.78 is 26.9. The van der Waals surface area contributed by atoms with E-state index in [0.29, 0.717) is 0 Å². The molecule has 0 bridgehead atoms. The Bertz CT molecular complexity index is 348. The fraction of sp³-hybridized carbons (Fsp3) is 1.00. The van der Waals surface area contributed by atoms with Crippen LogP contribution in [-0.4, -0.2) is 19.7 Å². The summed E-state index contributed by atoms with van der Waals surface area (Å²) >= 11 is 0. The molecular weight excluding hydrogens is 234 g/mol. The van der Waals surface area contributed by atoms with Gasteiger partial charge in [0.2, 0.25) is 10.0 Å². The number of sulfonamides is 1. The Balaban J connectivity index is 4.96. The molecule has 0 saturated heterocycles. The van der Waals surface area contributed by atoms with Crippen LogP contribution in [0.5, 0.6) is 0 Å². The van der Waals surface area contributed by atoms with E-state index in [1.807, 2.05) is 34.6 Å². The molecule has 0 saturated carbocycles. The molecule has 0 unspecified atom stereocenters. The van der Waals surface area contributed by atoms with Crippen LogP contribution in [0.3, 0.4) is 0 Å². The molecule has 0 radical (unpaired) electrons. The molecule has 0 fully saturated rings. The fourth-order valence-corrected chi connectivity index (χ4v) is 4.00. The van der Waals surface area contributed by atoms with Gasteiger partial charge in [0.25, 0.3) is 0 Å². The normalized spacial score (nSPS) is 15.1. The molecule has 1 N–H and O–H groups in total. The zero-order chi connectivity index (χ0) is 14.1. The summed E-state index contributed by atoms with van der Waals surface area (Å²) in [7, 11) is -3.24. The lowest BCUT2D eigenvalue weighted by Gasteiger charge is -2.41. The van der Waals surface area contributed by atoms with Crippen LogP contribution in [0.1, 0.15) is 61.8 Å². The smallest absolute Gasteiger partial charge is 0.212 e. The van der Waals surface area contributed by atoms with E-state index < -0.39 is 15.6 Å². The van der Waals surface area contributed by atoms with Crippen molar-refractivity contribution in [2.75, 3.05) is 5.75 Å². The highest BCUT2D eigenvalue weighted by Gasteiger charge is 2.39. The molecule has 0 heterocycles. The Labute approximate surface area is 107 Å². The van der Waals surface area contributed by atoms with Gasteiger partial charge in [0.15, 0.2) is 0 Å². The Kier molecular flexibility index (Phi) is 4.86. The second kappa shape index (κ2) is 4.88. The van der Waals surface area contributed by atoms with Crippen molar-refractivity contribution in [2.24, 2.45) is 10.8 Å². The molecule has 0 aromatic heterocycles. The minimum absolute atomic E-state index is 0.000363. The van der Waals surface area contributed by atoms with Crippen LogP contribution in [0.4, 0.5) is 0 Å². The van der Waals surface area contributed by atoms with E-state index >= 15 is 0 Å². The largest absolute Gasteiger partial charge is 0.212 e. The zero-order valence-electron chi connectivity index (χ0n) is 12.6. The van der Waals surface area contributed by atoms with Gasteiger partial charge in [0.05, 0.1) is 5.75 Å². The van der Waals surface area contributed by atoms with Gasteiger partial charge in [-0.25, -0.2) is 13.1 Å². The van der Waals surface area contributed by atoms with E-state index in [9.17, 15) is 8.42 Å². The van der Waals surface area contributed by atoms with Gasteiger partial charge in [-0.05, 0) is 31.6 Å². The third-order valence-electron chi connectivity index (χ3n) is 3.73. The van der Waals surface area contributed by atoms with Gasteiger partial charge in [-0.15, -0.1) is 0 Å². The van der Waals surface area contributed by atoms with Crippen LogP contribution in [-0.2, 0) is 10.0 Å². The zero-order valence-corrected chi connectivity index (χ0v) is 13.5. The minimum atomic E-state index is -3.24. The third-order valence-corrected chi connectivity index (χ3v) is 5.75. The van der Waals surface area contributed by atoms with Crippen LogP contribution in [0.15, 0.2) is 0 Å². The van der Waals surface area contributed by atoms with Gasteiger partial charge in [-0.2, -0.15) is 0 Å². The second-order valence-electron chi connectivity index (χ2n) is 7.23. The van der Waals surface area contributed by atoms with Crippen LogP contribution in [0.25, 0.3) is 0 Å². The predicted octanol–water partition coefficient (Wildman–Crippen LogP) is 3.17. The number of nitrogens with one attached hydrogen (secondary N) is 1. The standard InChI is InChI=1S/C13H29NO2S/c1-9-12(5,6)13(7,8)10-17(15,16)14-11(2,3)4/h14H,9-10H2,1-8H3. The molecule has 0 spiro atoms. The molecule has 0 aliphatic carbocycles. The van der Waals surface area contributed by atoms with E-state index in [1.165, 1.54) is 0 Å². The van der Waals surface area contributed by atoms with Crippen molar-refractivity contribution in [3.63, 3.8) is 0 Å². The second-order valence-corrected chi connectivity index (χ2v) is 8.95. The molecule has 17 heavy (non-hydrogen) atoms. The Morgan fingerprint density at radius 1 is 0.882 bits per heavy atom. The topological polar surface area (TPSA) is 46.2 Å². The Morgan fingerprint density at radius 3 is 1.59 bits per heavy atom. The first-order chi connectivity index (χ1) is 7.22. The summed E-state index contributed by atoms with van der Waals surface area (Å²) in [6.45, 7) is 16.0. The minimum Gasteiger partial charge on any atom is -0.212 e. The molecule has 0 aromatic carbocycles. The van der Waals surface area contributed by atoms with Crippen LogP contribution in [0, 0.1) is 10.8 Å². The highest BCUT2D eigenvalue weighted by atomic mass is 32.2. The first-order valence-electron chi connectivity index (χ1n) is 6.24. The van der Waals surface area contributed by atoms with Crippen molar-refractivity contribution in [1.29, 1.82) is 0 Å². The van der Waals surface area contributed by atoms with E-state index in [1.54, 1.807) is 0 Å². The highest BCUT2D eigenvalue weighted by molar-refractivity contribution is 7.89. The van der Waals surface area contributed by atoms with E-state index in [4.69, 9.17) is 0 Å². The quantitative estimate of drug-likeness (QED) is 0.828. The molecule has 0 atom stereocenters. The average Bonchev–Trinajstić information content (AvgIpc) is 1.96. The van der Waals surface area contributed by atoms with Crippen molar-refractivity contribution in [3.05, 3.63) is 0 Å². The van der Waals surface area contributed by atoms with Crippen molar-refractivity contribution in [3.8, 4) is 0 Å². The molecular formula is C13H29NO2S. The van der Waals surface area contributed by atoms with Gasteiger partial charge >= 0.3 is 0 Å². The van der Waals surface area contributed by atoms with Gasteiger partial charge in [-0.3, -0.25) is 0 Å². The average molecular weight is 263 g/mol. The van der Waals surface area contributed by atoms with Gasteiger partial charge in [0, 0.05) is 5.54 Å². The van der Waals surface area contributed by atoms with Crippen LogP contribution < -0.4 is 4.72 Å². The van der Waals surface area contributed by atoms with Crippen LogP contribution in [0.2, 0.25) is 0 Å². The Hall–Kier alpha value is -0.0900. The van der Waals surface area contributed by atoms with Crippen molar-refractivity contribution in [2.45, 2.75) is 67.3 Å². The highest BCUT2D eigenvalue weighted by Crippen LogP contribution is 2.42. The van der Waals surface area contributed by atoms with Crippen molar-refractivity contribution >= 4 is 10.0 Å². The lowest BCUT2D eigenvalue weighted by molar-refractivity contribution is 0.129. The first kappa shape index (κ1) is 16.9. The van der Waals surface area contributed by atoms with Gasteiger partial charge in [-0.1, -0.05) is 41.0 Å². The summed E-state index contributed by atoms with van der Waals surface area (Å²) in [5.41, 5.74) is -0.663. The number of hydrogen-bond donors (Lipinski definition) is 1. The van der Waals surface area contributed by atoms with Crippen molar-refractivity contribution in [1.82, 2.24) is 4.72 Å². The fourth-order valence-electron chi connectivity index (χ4n) is 1.65. The monoisotopic (exact) mass is 263 g/mol.